The van der Waals surface area contributed by atoms with Crippen molar-refractivity contribution >= 4 is 21.6 Å². The first-order chi connectivity index (χ1) is 9.29. The monoisotopic (exact) mass is 292 g/mol. The van der Waals surface area contributed by atoms with Crippen molar-refractivity contribution < 1.29 is 18.3 Å². The van der Waals surface area contributed by atoms with Gasteiger partial charge < -0.3 is 10.8 Å². The van der Waals surface area contributed by atoms with Crippen molar-refractivity contribution in [2.45, 2.75) is 4.90 Å². The summed E-state index contributed by atoms with van der Waals surface area (Å²) in [6.07, 6.45) is 2.41. The molecule has 20 heavy (non-hydrogen) atoms. The highest BCUT2D eigenvalue weighted by atomic mass is 32.2. The minimum atomic E-state index is -3.37. The fourth-order valence-corrected chi connectivity index (χ4v) is 2.44. The SMILES string of the molecule is CS(=O)(=O)c1cccc(-c2cnc(N)cc2C(=O)O)c1. The molecule has 1 heterocycles. The van der Waals surface area contributed by atoms with Crippen LogP contribution in [0.1, 0.15) is 10.4 Å². The summed E-state index contributed by atoms with van der Waals surface area (Å²) in [6, 6.07) is 7.27. The number of nitrogens with two attached hydrogens (primary N) is 1. The van der Waals surface area contributed by atoms with Crippen molar-refractivity contribution in [2.24, 2.45) is 0 Å². The number of benzene rings is 1. The molecule has 0 aliphatic heterocycles. The van der Waals surface area contributed by atoms with E-state index in [1.54, 1.807) is 12.1 Å². The molecule has 0 aliphatic carbocycles. The molecule has 2 aromatic rings. The number of nitrogen functional groups attached to an aromatic ring is 1. The molecule has 0 fully saturated rings. The van der Waals surface area contributed by atoms with Gasteiger partial charge in [-0.1, -0.05) is 12.1 Å². The summed E-state index contributed by atoms with van der Waals surface area (Å²) in [6.45, 7) is 0. The van der Waals surface area contributed by atoms with Gasteiger partial charge >= 0.3 is 5.97 Å². The zero-order chi connectivity index (χ0) is 14.9. The second-order valence-electron chi connectivity index (χ2n) is 4.26. The number of sulfone groups is 1. The van der Waals surface area contributed by atoms with Crippen LogP contribution in [0.4, 0.5) is 5.82 Å². The summed E-state index contributed by atoms with van der Waals surface area (Å²) in [5, 5.41) is 9.18. The summed E-state index contributed by atoms with van der Waals surface area (Å²) in [7, 11) is -3.37. The van der Waals surface area contributed by atoms with E-state index >= 15 is 0 Å². The fraction of sp³-hybridized carbons (Fsp3) is 0.0769. The lowest BCUT2D eigenvalue weighted by Gasteiger charge is -2.08. The standard InChI is InChI=1S/C13H12N2O4S/c1-20(18,19)9-4-2-3-8(5-9)11-7-15-12(14)6-10(11)13(16)17/h2-7H,1H3,(H2,14,15)(H,16,17). The molecule has 0 atom stereocenters. The number of rotatable bonds is 3. The minimum Gasteiger partial charge on any atom is -0.478 e. The van der Waals surface area contributed by atoms with Crippen LogP contribution in [0.3, 0.4) is 0 Å². The van der Waals surface area contributed by atoms with Gasteiger partial charge in [-0.3, -0.25) is 0 Å². The van der Waals surface area contributed by atoms with E-state index in [1.165, 1.54) is 24.4 Å². The molecule has 104 valence electrons. The minimum absolute atomic E-state index is 0.0249. The molecule has 0 spiro atoms. The second kappa shape index (κ2) is 4.93. The van der Waals surface area contributed by atoms with Crippen LogP contribution in [0.2, 0.25) is 0 Å². The van der Waals surface area contributed by atoms with E-state index in [4.69, 9.17) is 5.73 Å². The van der Waals surface area contributed by atoms with Gasteiger partial charge in [0.05, 0.1) is 10.5 Å². The molecule has 6 nitrogen and oxygen atoms in total. The number of carboxylic acids is 1. The summed E-state index contributed by atoms with van der Waals surface area (Å²) in [5.41, 5.74) is 6.22. The largest absolute Gasteiger partial charge is 0.478 e. The predicted octanol–water partition coefficient (Wildman–Crippen LogP) is 1.43. The third-order valence-electron chi connectivity index (χ3n) is 2.73. The maximum Gasteiger partial charge on any atom is 0.336 e. The van der Waals surface area contributed by atoms with Crippen LogP contribution < -0.4 is 5.73 Å². The number of hydrogen-bond donors (Lipinski definition) is 2. The number of hydrogen-bond acceptors (Lipinski definition) is 5. The molecule has 0 saturated heterocycles. The smallest absolute Gasteiger partial charge is 0.336 e. The highest BCUT2D eigenvalue weighted by Gasteiger charge is 2.15. The number of aromatic nitrogens is 1. The third kappa shape index (κ3) is 2.77. The van der Waals surface area contributed by atoms with Crippen LogP contribution in [-0.2, 0) is 9.84 Å². The highest BCUT2D eigenvalue weighted by Crippen LogP contribution is 2.26. The quantitative estimate of drug-likeness (QED) is 0.885. The van der Waals surface area contributed by atoms with Gasteiger partial charge in [-0.15, -0.1) is 0 Å². The number of anilines is 1. The van der Waals surface area contributed by atoms with E-state index in [-0.39, 0.29) is 16.3 Å². The Bertz CT molecular complexity index is 785. The number of pyridine rings is 1. The van der Waals surface area contributed by atoms with Crippen molar-refractivity contribution in [2.75, 3.05) is 12.0 Å². The Labute approximate surface area is 115 Å². The maximum absolute atomic E-state index is 11.5. The first kappa shape index (κ1) is 14.0. The Hall–Kier alpha value is -2.41. The van der Waals surface area contributed by atoms with Gasteiger partial charge in [-0.25, -0.2) is 18.2 Å². The highest BCUT2D eigenvalue weighted by molar-refractivity contribution is 7.90. The van der Waals surface area contributed by atoms with Crippen molar-refractivity contribution in [3.63, 3.8) is 0 Å². The first-order valence-corrected chi connectivity index (χ1v) is 7.47. The Morgan fingerprint density at radius 3 is 2.60 bits per heavy atom. The summed E-state index contributed by atoms with van der Waals surface area (Å²) < 4.78 is 23.1. The van der Waals surface area contributed by atoms with Crippen LogP contribution in [-0.4, -0.2) is 30.7 Å². The van der Waals surface area contributed by atoms with Crippen LogP contribution >= 0.6 is 0 Å². The lowest BCUT2D eigenvalue weighted by atomic mass is 10.0. The van der Waals surface area contributed by atoms with Gasteiger partial charge in [0.25, 0.3) is 0 Å². The Morgan fingerprint density at radius 2 is 2.00 bits per heavy atom. The van der Waals surface area contributed by atoms with Gasteiger partial charge in [-0.05, 0) is 23.8 Å². The number of aromatic carboxylic acids is 1. The molecule has 0 amide bonds. The Morgan fingerprint density at radius 1 is 1.30 bits per heavy atom. The average molecular weight is 292 g/mol. The lowest BCUT2D eigenvalue weighted by molar-refractivity contribution is 0.0697. The normalized spacial score (nSPS) is 11.2. The van der Waals surface area contributed by atoms with E-state index < -0.39 is 15.8 Å². The van der Waals surface area contributed by atoms with Gasteiger partial charge in [0, 0.05) is 18.0 Å². The summed E-state index contributed by atoms with van der Waals surface area (Å²) in [4.78, 5) is 15.2. The molecule has 0 radical (unpaired) electrons. The third-order valence-corrected chi connectivity index (χ3v) is 3.84. The molecule has 7 heteroatoms. The molecule has 1 aromatic carbocycles. The summed E-state index contributed by atoms with van der Waals surface area (Å²) in [5.74, 6) is -1.07. The topological polar surface area (TPSA) is 110 Å². The van der Waals surface area contributed by atoms with Gasteiger partial charge in [0.15, 0.2) is 9.84 Å². The predicted molar refractivity (Wildman–Crippen MR) is 74.2 cm³/mol. The summed E-state index contributed by atoms with van der Waals surface area (Å²) >= 11 is 0. The lowest BCUT2D eigenvalue weighted by Crippen LogP contribution is -2.03. The van der Waals surface area contributed by atoms with Gasteiger partial charge in [0.1, 0.15) is 5.82 Å². The van der Waals surface area contributed by atoms with Crippen molar-refractivity contribution in [3.05, 3.63) is 42.1 Å². The van der Waals surface area contributed by atoms with Crippen LogP contribution in [0.15, 0.2) is 41.4 Å². The maximum atomic E-state index is 11.5. The van der Waals surface area contributed by atoms with E-state index in [2.05, 4.69) is 4.98 Å². The van der Waals surface area contributed by atoms with Crippen molar-refractivity contribution in [1.82, 2.24) is 4.98 Å². The molecule has 1 aromatic heterocycles. The van der Waals surface area contributed by atoms with Gasteiger partial charge in [0.2, 0.25) is 0 Å². The van der Waals surface area contributed by atoms with Crippen molar-refractivity contribution in [1.29, 1.82) is 0 Å². The van der Waals surface area contributed by atoms with Crippen molar-refractivity contribution in [3.8, 4) is 11.1 Å². The van der Waals surface area contributed by atoms with E-state index in [0.717, 1.165) is 6.26 Å². The van der Waals surface area contributed by atoms with Gasteiger partial charge in [-0.2, -0.15) is 0 Å². The molecule has 0 saturated carbocycles. The number of nitrogens with zero attached hydrogens (tertiary/aromatic N) is 1. The molecule has 0 aliphatic rings. The number of carbonyl (C=O) groups is 1. The van der Waals surface area contributed by atoms with Crippen LogP contribution in [0, 0.1) is 0 Å². The average Bonchev–Trinajstić information content (AvgIpc) is 2.37. The molecule has 0 unspecified atom stereocenters. The first-order valence-electron chi connectivity index (χ1n) is 5.58. The zero-order valence-corrected chi connectivity index (χ0v) is 11.4. The second-order valence-corrected chi connectivity index (χ2v) is 6.28. The fourth-order valence-electron chi connectivity index (χ4n) is 1.77. The zero-order valence-electron chi connectivity index (χ0n) is 10.6. The van der Waals surface area contributed by atoms with E-state index in [0.29, 0.717) is 11.1 Å². The Balaban J connectivity index is 2.66. The Kier molecular flexibility index (Phi) is 3.46. The molecule has 0 bridgehead atoms. The number of carboxylic acid groups (broad SMARTS) is 1. The van der Waals surface area contributed by atoms with E-state index in [1.807, 2.05) is 0 Å². The van der Waals surface area contributed by atoms with Crippen LogP contribution in [0.5, 0.6) is 0 Å². The molecule has 3 N–H and O–H groups in total. The van der Waals surface area contributed by atoms with Crippen LogP contribution in [0.25, 0.3) is 11.1 Å². The molecule has 2 rings (SSSR count). The molecular formula is C13H12N2O4S. The molecular weight excluding hydrogens is 280 g/mol. The van der Waals surface area contributed by atoms with E-state index in [9.17, 15) is 18.3 Å².